The van der Waals surface area contributed by atoms with Gasteiger partial charge >= 0.3 is 6.03 Å². The van der Waals surface area contributed by atoms with Crippen LogP contribution < -0.4 is 5.32 Å². The number of nitrogens with zero attached hydrogens (tertiary/aromatic N) is 2. The zero-order valence-corrected chi connectivity index (χ0v) is 15.1. The van der Waals surface area contributed by atoms with E-state index in [1.165, 1.54) is 4.90 Å². The highest BCUT2D eigenvalue weighted by Gasteiger charge is 2.36. The first-order chi connectivity index (χ1) is 11.7. The number of likely N-dealkylation sites (tertiary alicyclic amines) is 1. The van der Waals surface area contributed by atoms with Gasteiger partial charge in [-0.3, -0.25) is 4.90 Å². The number of ether oxygens (including phenoxy) is 1. The lowest BCUT2D eigenvalue weighted by Crippen LogP contribution is -2.60. The van der Waals surface area contributed by atoms with E-state index in [0.29, 0.717) is 6.04 Å². The van der Waals surface area contributed by atoms with Crippen LogP contribution in [0.2, 0.25) is 0 Å². The maximum Gasteiger partial charge on any atom is 0.317 e. The number of carbonyl (C=O) groups is 1. The van der Waals surface area contributed by atoms with E-state index in [1.807, 2.05) is 22.7 Å². The summed E-state index contributed by atoms with van der Waals surface area (Å²) < 4.78 is 5.83. The van der Waals surface area contributed by atoms with Gasteiger partial charge in [-0.25, -0.2) is 4.79 Å². The summed E-state index contributed by atoms with van der Waals surface area (Å²) in [6, 6.07) is 10.8. The minimum Gasteiger partial charge on any atom is -0.375 e. The van der Waals surface area contributed by atoms with Gasteiger partial charge in [0.2, 0.25) is 0 Å². The van der Waals surface area contributed by atoms with Gasteiger partial charge in [0.05, 0.1) is 18.8 Å². The van der Waals surface area contributed by atoms with Crippen LogP contribution in [0.1, 0.15) is 12.8 Å². The zero-order chi connectivity index (χ0) is 16.8. The first-order valence-electron chi connectivity index (χ1n) is 8.76. The van der Waals surface area contributed by atoms with Gasteiger partial charge in [0.25, 0.3) is 0 Å². The largest absolute Gasteiger partial charge is 0.375 e. The third-order valence-corrected chi connectivity index (χ3v) is 5.86. The van der Waals surface area contributed by atoms with E-state index >= 15 is 0 Å². The highest BCUT2D eigenvalue weighted by molar-refractivity contribution is 7.99. The second-order valence-electron chi connectivity index (χ2n) is 6.44. The summed E-state index contributed by atoms with van der Waals surface area (Å²) in [6.45, 7) is 4.05. The summed E-state index contributed by atoms with van der Waals surface area (Å²) in [5, 5.41) is 3.06. The summed E-state index contributed by atoms with van der Waals surface area (Å²) >= 11 is 1.83. The normalized spacial score (nSPS) is 24.5. The van der Waals surface area contributed by atoms with Crippen LogP contribution in [0.15, 0.2) is 35.2 Å². The summed E-state index contributed by atoms with van der Waals surface area (Å²) in [5.74, 6) is 1.02. The molecule has 132 valence electrons. The van der Waals surface area contributed by atoms with E-state index in [4.69, 9.17) is 4.74 Å². The van der Waals surface area contributed by atoms with Crippen LogP contribution in [0.25, 0.3) is 0 Å². The molecule has 0 radical (unpaired) electrons. The molecule has 0 aromatic heterocycles. The quantitative estimate of drug-likeness (QED) is 0.654. The first-order valence-corrected chi connectivity index (χ1v) is 9.75. The predicted molar refractivity (Wildman–Crippen MR) is 97.5 cm³/mol. The van der Waals surface area contributed by atoms with E-state index < -0.39 is 0 Å². The number of piperidine rings is 1. The van der Waals surface area contributed by atoms with Crippen LogP contribution in [-0.2, 0) is 4.74 Å². The van der Waals surface area contributed by atoms with E-state index in [-0.39, 0.29) is 12.1 Å². The smallest absolute Gasteiger partial charge is 0.317 e. The van der Waals surface area contributed by atoms with Gasteiger partial charge in [-0.2, -0.15) is 0 Å². The molecule has 0 bridgehead atoms. The average Bonchev–Trinajstić information content (AvgIpc) is 2.62. The minimum atomic E-state index is 0.0668. The molecule has 0 aliphatic carbocycles. The fourth-order valence-corrected chi connectivity index (χ4v) is 4.19. The fourth-order valence-electron chi connectivity index (χ4n) is 3.31. The van der Waals surface area contributed by atoms with Gasteiger partial charge in [0.1, 0.15) is 0 Å². The number of urea groups is 1. The topological polar surface area (TPSA) is 44.8 Å². The lowest BCUT2D eigenvalue weighted by molar-refractivity contribution is -0.0881. The lowest BCUT2D eigenvalue weighted by Gasteiger charge is -2.45. The Kier molecular flexibility index (Phi) is 6.40. The van der Waals surface area contributed by atoms with Crippen molar-refractivity contribution in [1.82, 2.24) is 15.1 Å². The Morgan fingerprint density at radius 1 is 1.33 bits per heavy atom. The molecular weight excluding hydrogens is 322 g/mol. The molecule has 2 heterocycles. The summed E-state index contributed by atoms with van der Waals surface area (Å²) in [7, 11) is 2.13. The molecule has 2 aliphatic rings. The molecule has 0 saturated carbocycles. The number of fused-ring (bicyclic) bond motifs is 1. The van der Waals surface area contributed by atoms with E-state index in [2.05, 4.69) is 41.5 Å². The summed E-state index contributed by atoms with van der Waals surface area (Å²) in [5.41, 5.74) is 0. The van der Waals surface area contributed by atoms with Crippen molar-refractivity contribution >= 4 is 17.8 Å². The van der Waals surface area contributed by atoms with Gasteiger partial charge in [-0.15, -0.1) is 11.8 Å². The number of benzene rings is 1. The number of morpholine rings is 1. The number of carbonyl (C=O) groups excluding carboxylic acids is 1. The second-order valence-corrected chi connectivity index (χ2v) is 7.61. The maximum atomic E-state index is 12.4. The highest BCUT2D eigenvalue weighted by atomic mass is 32.2. The molecule has 2 saturated heterocycles. The molecule has 2 fully saturated rings. The molecule has 1 aromatic carbocycles. The van der Waals surface area contributed by atoms with Crippen LogP contribution in [0, 0.1) is 0 Å². The minimum absolute atomic E-state index is 0.0668. The second kappa shape index (κ2) is 8.74. The molecule has 0 unspecified atom stereocenters. The fraction of sp³-hybridized carbons (Fsp3) is 0.611. The number of hydrogen-bond donors (Lipinski definition) is 1. The Labute approximate surface area is 148 Å². The van der Waals surface area contributed by atoms with Crippen molar-refractivity contribution in [2.75, 3.05) is 45.6 Å². The first kappa shape index (κ1) is 17.6. The van der Waals surface area contributed by atoms with Crippen molar-refractivity contribution in [3.05, 3.63) is 30.3 Å². The summed E-state index contributed by atoms with van der Waals surface area (Å²) in [6.07, 6.45) is 2.20. The standard InChI is InChI=1S/C18H27N3O2S/c1-20-11-12-23-17-8-10-21(14-16(17)20)18(22)19-9-5-13-24-15-6-3-2-4-7-15/h2-4,6-7,16-17H,5,8-14H2,1H3,(H,19,22)/t16-,17-/m0/s1. The molecule has 2 aliphatic heterocycles. The van der Waals surface area contributed by atoms with Gasteiger partial charge < -0.3 is 15.0 Å². The number of likely N-dealkylation sites (N-methyl/N-ethyl adjacent to an activating group) is 1. The summed E-state index contributed by atoms with van der Waals surface area (Å²) in [4.78, 5) is 17.9. The molecule has 1 N–H and O–H groups in total. The maximum absolute atomic E-state index is 12.4. The number of amides is 2. The zero-order valence-electron chi connectivity index (χ0n) is 14.3. The monoisotopic (exact) mass is 349 g/mol. The van der Waals surface area contributed by atoms with Crippen LogP contribution in [0.3, 0.4) is 0 Å². The van der Waals surface area contributed by atoms with Crippen LogP contribution in [-0.4, -0.2) is 73.6 Å². The highest BCUT2D eigenvalue weighted by Crippen LogP contribution is 2.22. The molecule has 1 aromatic rings. The van der Waals surface area contributed by atoms with Crippen LogP contribution in [0.4, 0.5) is 4.79 Å². The van der Waals surface area contributed by atoms with Crippen molar-refractivity contribution in [1.29, 1.82) is 0 Å². The van der Waals surface area contributed by atoms with Gasteiger partial charge in [0, 0.05) is 31.1 Å². The molecule has 2 atom stereocenters. The Balaban J connectivity index is 1.35. The van der Waals surface area contributed by atoms with Crippen molar-refractivity contribution in [3.63, 3.8) is 0 Å². The third kappa shape index (κ3) is 4.65. The van der Waals surface area contributed by atoms with Crippen molar-refractivity contribution in [2.24, 2.45) is 0 Å². The number of thioether (sulfide) groups is 1. The molecular formula is C18H27N3O2S. The SMILES string of the molecule is CN1CCO[C@H]2CCN(C(=O)NCCCSc3ccccc3)C[C@@H]21. The number of nitrogens with one attached hydrogen (secondary N) is 1. The van der Waals surface area contributed by atoms with E-state index in [1.54, 1.807) is 0 Å². The Morgan fingerprint density at radius 2 is 2.17 bits per heavy atom. The lowest BCUT2D eigenvalue weighted by atomic mass is 9.99. The van der Waals surface area contributed by atoms with E-state index in [0.717, 1.165) is 51.4 Å². The molecule has 3 rings (SSSR count). The van der Waals surface area contributed by atoms with Gasteiger partial charge in [0.15, 0.2) is 0 Å². The molecule has 6 heteroatoms. The molecule has 2 amide bonds. The third-order valence-electron chi connectivity index (χ3n) is 4.76. The Morgan fingerprint density at radius 3 is 3.00 bits per heavy atom. The number of rotatable bonds is 5. The van der Waals surface area contributed by atoms with Crippen molar-refractivity contribution in [3.8, 4) is 0 Å². The Hall–Kier alpha value is -1.24. The van der Waals surface area contributed by atoms with Crippen LogP contribution >= 0.6 is 11.8 Å². The van der Waals surface area contributed by atoms with E-state index in [9.17, 15) is 4.79 Å². The number of hydrogen-bond acceptors (Lipinski definition) is 4. The predicted octanol–water partition coefficient (Wildman–Crippen LogP) is 2.28. The molecule has 5 nitrogen and oxygen atoms in total. The van der Waals surface area contributed by atoms with Gasteiger partial charge in [-0.05, 0) is 37.8 Å². The molecule has 24 heavy (non-hydrogen) atoms. The van der Waals surface area contributed by atoms with Crippen molar-refractivity contribution < 1.29 is 9.53 Å². The molecule has 0 spiro atoms. The van der Waals surface area contributed by atoms with Crippen LogP contribution in [0.5, 0.6) is 0 Å². The Bertz CT molecular complexity index is 528. The average molecular weight is 350 g/mol. The van der Waals surface area contributed by atoms with Crippen molar-refractivity contribution in [2.45, 2.75) is 29.9 Å². The van der Waals surface area contributed by atoms with Gasteiger partial charge in [-0.1, -0.05) is 18.2 Å².